The van der Waals surface area contributed by atoms with Crippen molar-refractivity contribution < 1.29 is 8.78 Å². The minimum atomic E-state index is -0.318. The maximum Gasteiger partial charge on any atom is 0.124 e. The van der Waals surface area contributed by atoms with Crippen LogP contribution in [0.5, 0.6) is 0 Å². The number of aryl methyl sites for hydroxylation is 1. The third-order valence-electron chi connectivity index (χ3n) is 3.18. The van der Waals surface area contributed by atoms with Crippen LogP contribution in [0.25, 0.3) is 0 Å². The van der Waals surface area contributed by atoms with Gasteiger partial charge in [-0.05, 0) is 60.4 Å². The summed E-state index contributed by atoms with van der Waals surface area (Å²) in [6, 6.07) is 8.95. The molecule has 2 rings (SSSR count). The van der Waals surface area contributed by atoms with Gasteiger partial charge in [-0.15, -0.1) is 0 Å². The first-order valence-corrected chi connectivity index (χ1v) is 6.96. The van der Waals surface area contributed by atoms with Crippen molar-refractivity contribution in [3.05, 3.63) is 69.2 Å². The Morgan fingerprint density at radius 1 is 1.15 bits per heavy atom. The molecule has 0 aromatic heterocycles. The smallest absolute Gasteiger partial charge is 0.124 e. The van der Waals surface area contributed by atoms with Crippen LogP contribution in [0.15, 0.2) is 40.9 Å². The van der Waals surface area contributed by atoms with E-state index in [1.54, 1.807) is 6.07 Å². The Hall–Kier alpha value is -1.30. The molecule has 0 spiro atoms. The van der Waals surface area contributed by atoms with Crippen LogP contribution < -0.4 is 11.3 Å². The van der Waals surface area contributed by atoms with Crippen LogP contribution in [0, 0.1) is 18.6 Å². The average Bonchev–Trinajstić information content (AvgIpc) is 2.38. The van der Waals surface area contributed by atoms with Gasteiger partial charge in [0.05, 0.1) is 6.04 Å². The second-order valence-corrected chi connectivity index (χ2v) is 5.62. The van der Waals surface area contributed by atoms with Crippen molar-refractivity contribution in [3.8, 4) is 0 Å². The molecule has 3 N–H and O–H groups in total. The Balaban J connectivity index is 2.31. The highest BCUT2D eigenvalue weighted by Gasteiger charge is 2.14. The molecule has 1 unspecified atom stereocenters. The minimum absolute atomic E-state index is 0.278. The zero-order valence-corrected chi connectivity index (χ0v) is 12.5. The molecular weight excluding hydrogens is 326 g/mol. The van der Waals surface area contributed by atoms with Gasteiger partial charge in [0, 0.05) is 4.47 Å². The van der Waals surface area contributed by atoms with Crippen molar-refractivity contribution in [2.24, 2.45) is 5.84 Å². The zero-order chi connectivity index (χ0) is 14.7. The summed E-state index contributed by atoms with van der Waals surface area (Å²) in [4.78, 5) is 0. The minimum Gasteiger partial charge on any atom is -0.271 e. The fourth-order valence-electron chi connectivity index (χ4n) is 2.21. The maximum absolute atomic E-state index is 13.4. The van der Waals surface area contributed by atoms with Crippen molar-refractivity contribution in [2.75, 3.05) is 0 Å². The highest BCUT2D eigenvalue weighted by Crippen LogP contribution is 2.24. The second-order valence-electron chi connectivity index (χ2n) is 4.70. The van der Waals surface area contributed by atoms with Gasteiger partial charge < -0.3 is 0 Å². The number of hydrazine groups is 1. The van der Waals surface area contributed by atoms with E-state index < -0.39 is 0 Å². The Morgan fingerprint density at radius 3 is 2.55 bits per heavy atom. The molecule has 2 nitrogen and oxygen atoms in total. The first-order valence-electron chi connectivity index (χ1n) is 6.16. The summed E-state index contributed by atoms with van der Waals surface area (Å²) in [7, 11) is 0. The molecule has 0 heterocycles. The molecule has 2 aromatic carbocycles. The predicted octanol–water partition coefficient (Wildman–Crippen LogP) is 3.78. The zero-order valence-electron chi connectivity index (χ0n) is 11.0. The number of nitrogens with two attached hydrogens (primary N) is 1. The number of rotatable bonds is 4. The predicted molar refractivity (Wildman–Crippen MR) is 79.0 cm³/mol. The summed E-state index contributed by atoms with van der Waals surface area (Å²) in [5, 5.41) is 0. The summed E-state index contributed by atoms with van der Waals surface area (Å²) in [5.41, 5.74) is 5.16. The molecule has 0 fully saturated rings. The van der Waals surface area contributed by atoms with E-state index in [-0.39, 0.29) is 17.7 Å². The Kier molecular flexibility index (Phi) is 4.86. The molecule has 0 saturated heterocycles. The number of hydrogen-bond acceptors (Lipinski definition) is 2. The quantitative estimate of drug-likeness (QED) is 0.656. The number of hydrogen-bond donors (Lipinski definition) is 2. The van der Waals surface area contributed by atoms with Crippen LogP contribution in [-0.2, 0) is 6.42 Å². The van der Waals surface area contributed by atoms with E-state index >= 15 is 0 Å². The van der Waals surface area contributed by atoms with Gasteiger partial charge in [0.1, 0.15) is 11.6 Å². The molecule has 0 amide bonds. The lowest BCUT2D eigenvalue weighted by molar-refractivity contribution is 0.539. The molecule has 0 radical (unpaired) electrons. The third kappa shape index (κ3) is 3.62. The van der Waals surface area contributed by atoms with Crippen LogP contribution in [0.2, 0.25) is 0 Å². The van der Waals surface area contributed by atoms with Gasteiger partial charge in [-0.2, -0.15) is 0 Å². The largest absolute Gasteiger partial charge is 0.271 e. The molecule has 0 aliphatic carbocycles. The number of halogens is 3. The van der Waals surface area contributed by atoms with Crippen molar-refractivity contribution >= 4 is 15.9 Å². The number of benzene rings is 2. The van der Waals surface area contributed by atoms with E-state index in [0.29, 0.717) is 10.9 Å². The van der Waals surface area contributed by atoms with Crippen molar-refractivity contribution in [1.82, 2.24) is 5.43 Å². The van der Waals surface area contributed by atoms with E-state index in [9.17, 15) is 8.78 Å². The summed E-state index contributed by atoms with van der Waals surface area (Å²) >= 11 is 3.26. The van der Waals surface area contributed by atoms with Crippen LogP contribution in [0.3, 0.4) is 0 Å². The normalized spacial score (nSPS) is 12.4. The topological polar surface area (TPSA) is 38.0 Å². The van der Waals surface area contributed by atoms with Crippen LogP contribution >= 0.6 is 15.9 Å². The van der Waals surface area contributed by atoms with E-state index in [2.05, 4.69) is 21.4 Å². The number of nitrogens with one attached hydrogen (secondary N) is 1. The van der Waals surface area contributed by atoms with Gasteiger partial charge in [0.2, 0.25) is 0 Å². The lowest BCUT2D eigenvalue weighted by Crippen LogP contribution is -2.30. The standard InChI is InChI=1S/C15H15BrF2N2/c1-9-2-3-12(17)8-14(9)15(20-19)6-10-4-11(16)7-13(18)5-10/h2-5,7-8,15,20H,6,19H2,1H3. The van der Waals surface area contributed by atoms with Gasteiger partial charge in [-0.3, -0.25) is 11.3 Å². The molecule has 0 saturated carbocycles. The molecule has 0 aliphatic heterocycles. The average molecular weight is 341 g/mol. The summed E-state index contributed by atoms with van der Waals surface area (Å²) < 4.78 is 27.4. The first kappa shape index (κ1) is 15.1. The van der Waals surface area contributed by atoms with Gasteiger partial charge in [0.15, 0.2) is 0 Å². The van der Waals surface area contributed by atoms with Gasteiger partial charge >= 0.3 is 0 Å². The fourth-order valence-corrected chi connectivity index (χ4v) is 2.72. The highest BCUT2D eigenvalue weighted by atomic mass is 79.9. The first-order chi connectivity index (χ1) is 9.49. The van der Waals surface area contributed by atoms with Crippen molar-refractivity contribution in [3.63, 3.8) is 0 Å². The lowest BCUT2D eigenvalue weighted by atomic mass is 9.95. The molecule has 5 heteroatoms. The summed E-state index contributed by atoms with van der Waals surface area (Å²) in [6.45, 7) is 1.89. The van der Waals surface area contributed by atoms with Gasteiger partial charge in [0.25, 0.3) is 0 Å². The Morgan fingerprint density at radius 2 is 1.90 bits per heavy atom. The monoisotopic (exact) mass is 340 g/mol. The van der Waals surface area contributed by atoms with Crippen LogP contribution in [0.4, 0.5) is 8.78 Å². The van der Waals surface area contributed by atoms with E-state index in [0.717, 1.165) is 16.7 Å². The fraction of sp³-hybridized carbons (Fsp3) is 0.200. The maximum atomic E-state index is 13.4. The Bertz CT molecular complexity index is 597. The van der Waals surface area contributed by atoms with Crippen molar-refractivity contribution in [2.45, 2.75) is 19.4 Å². The molecule has 0 aliphatic rings. The summed E-state index contributed by atoms with van der Waals surface area (Å²) in [5.74, 6) is 4.94. The highest BCUT2D eigenvalue weighted by molar-refractivity contribution is 9.10. The van der Waals surface area contributed by atoms with Gasteiger partial charge in [-0.1, -0.05) is 22.0 Å². The molecular formula is C15H15BrF2N2. The third-order valence-corrected chi connectivity index (χ3v) is 3.64. The molecule has 1 atom stereocenters. The lowest BCUT2D eigenvalue weighted by Gasteiger charge is -2.19. The Labute approximate surface area is 125 Å². The second kappa shape index (κ2) is 6.43. The van der Waals surface area contributed by atoms with Gasteiger partial charge in [-0.25, -0.2) is 8.78 Å². The molecule has 2 aromatic rings. The molecule has 20 heavy (non-hydrogen) atoms. The SMILES string of the molecule is Cc1ccc(F)cc1C(Cc1cc(F)cc(Br)c1)NN. The van der Waals surface area contributed by atoms with Crippen molar-refractivity contribution in [1.29, 1.82) is 0 Å². The molecule has 0 bridgehead atoms. The molecule has 106 valence electrons. The van der Waals surface area contributed by atoms with Crippen LogP contribution in [0.1, 0.15) is 22.7 Å². The van der Waals surface area contributed by atoms with E-state index in [1.807, 2.05) is 13.0 Å². The van der Waals surface area contributed by atoms with E-state index in [1.165, 1.54) is 24.3 Å². The summed E-state index contributed by atoms with van der Waals surface area (Å²) in [6.07, 6.45) is 0.469. The van der Waals surface area contributed by atoms with E-state index in [4.69, 9.17) is 5.84 Å². The van der Waals surface area contributed by atoms with Crippen LogP contribution in [-0.4, -0.2) is 0 Å².